The molecule has 0 bridgehead atoms. The summed E-state index contributed by atoms with van der Waals surface area (Å²) in [5.74, 6) is -2.94. The van der Waals surface area contributed by atoms with Crippen LogP contribution in [0.2, 0.25) is 5.02 Å². The van der Waals surface area contributed by atoms with Crippen LogP contribution in [0.1, 0.15) is 23.2 Å². The maximum Gasteiger partial charge on any atom is 0.330 e. The summed E-state index contributed by atoms with van der Waals surface area (Å²) < 4.78 is 4.84. The fourth-order valence-electron chi connectivity index (χ4n) is 2.18. The molecule has 1 fully saturated rings. The number of Topliss-reactive ketones (excluding diaryl/α,β-unsaturated/α-hetero) is 1. The molecule has 1 saturated heterocycles. The van der Waals surface area contributed by atoms with Crippen LogP contribution in [0.5, 0.6) is 0 Å². The van der Waals surface area contributed by atoms with Crippen molar-refractivity contribution in [2.45, 2.75) is 18.9 Å². The minimum atomic E-state index is -1.06. The minimum absolute atomic E-state index is 0.0820. The van der Waals surface area contributed by atoms with Crippen molar-refractivity contribution in [1.29, 1.82) is 0 Å². The molecule has 0 radical (unpaired) electrons. The molecule has 22 heavy (non-hydrogen) atoms. The average Bonchev–Trinajstić information content (AvgIpc) is 3.02. The first-order valence-electron chi connectivity index (χ1n) is 6.87. The third kappa shape index (κ3) is 4.15. The maximum atomic E-state index is 12.3. The maximum absolute atomic E-state index is 12.3. The Kier molecular flexibility index (Phi) is 6.11. The first-order valence-corrected chi connectivity index (χ1v) is 8.37. The smallest absolute Gasteiger partial charge is 0.330 e. The zero-order chi connectivity index (χ0) is 16.1. The summed E-state index contributed by atoms with van der Waals surface area (Å²) in [7, 11) is 0. The Morgan fingerprint density at radius 3 is 2.55 bits per heavy atom. The topological polar surface area (TPSA) is 72.5 Å². The van der Waals surface area contributed by atoms with Crippen molar-refractivity contribution < 1.29 is 19.1 Å². The number of carbonyl (C=O) groups is 3. The number of hydrogen-bond acceptors (Lipinski definition) is 5. The quantitative estimate of drug-likeness (QED) is 0.363. The molecule has 1 aromatic rings. The summed E-state index contributed by atoms with van der Waals surface area (Å²) in [4.78, 5) is 36.2. The van der Waals surface area contributed by atoms with Gasteiger partial charge in [-0.3, -0.25) is 9.59 Å². The first-order chi connectivity index (χ1) is 10.5. The zero-order valence-corrected chi connectivity index (χ0v) is 14.0. The van der Waals surface area contributed by atoms with Gasteiger partial charge in [0, 0.05) is 15.9 Å². The number of hydrogen-bond donors (Lipinski definition) is 1. The zero-order valence-electron chi connectivity index (χ0n) is 11.7. The molecule has 2 atom stereocenters. The summed E-state index contributed by atoms with van der Waals surface area (Å²) in [6.45, 7) is 0.722. The molecule has 2 rings (SSSR count). The second-order valence-electron chi connectivity index (χ2n) is 4.97. The summed E-state index contributed by atoms with van der Waals surface area (Å²) in [6.07, 6.45) is 1.50. The second-order valence-corrected chi connectivity index (χ2v) is 6.05. The summed E-state index contributed by atoms with van der Waals surface area (Å²) >= 11 is 8.90. The lowest BCUT2D eigenvalue weighted by Gasteiger charge is -2.14. The fourth-order valence-corrected chi connectivity index (χ4v) is 2.87. The monoisotopic (exact) mass is 387 g/mol. The SMILES string of the molecule is O=C(OC(=O)[C@@H]1CCCN1)C(CBr)C(=O)c1ccc(Cl)cc1. The van der Waals surface area contributed by atoms with E-state index in [4.69, 9.17) is 16.3 Å². The number of rotatable bonds is 5. The molecule has 0 spiro atoms. The Labute approximate surface area is 141 Å². The lowest BCUT2D eigenvalue weighted by atomic mass is 9.99. The molecular weight excluding hydrogens is 374 g/mol. The highest BCUT2D eigenvalue weighted by Gasteiger charge is 2.32. The molecule has 5 nitrogen and oxygen atoms in total. The predicted octanol–water partition coefficient (Wildman–Crippen LogP) is 2.36. The molecule has 7 heteroatoms. The van der Waals surface area contributed by atoms with Gasteiger partial charge >= 0.3 is 11.9 Å². The van der Waals surface area contributed by atoms with E-state index in [1.807, 2.05) is 0 Å². The van der Waals surface area contributed by atoms with Crippen molar-refractivity contribution in [3.05, 3.63) is 34.9 Å². The highest BCUT2D eigenvalue weighted by molar-refractivity contribution is 9.09. The van der Waals surface area contributed by atoms with E-state index in [1.54, 1.807) is 12.1 Å². The molecular formula is C15H15BrClNO4. The number of halogens is 2. The van der Waals surface area contributed by atoms with Crippen LogP contribution in [0.25, 0.3) is 0 Å². The number of alkyl halides is 1. The average molecular weight is 389 g/mol. The highest BCUT2D eigenvalue weighted by Crippen LogP contribution is 2.17. The number of ether oxygens (including phenoxy) is 1. The van der Waals surface area contributed by atoms with Gasteiger partial charge in [-0.25, -0.2) is 4.79 Å². The number of benzene rings is 1. The third-order valence-electron chi connectivity index (χ3n) is 3.43. The molecule has 0 saturated carbocycles. The van der Waals surface area contributed by atoms with Gasteiger partial charge in [-0.1, -0.05) is 27.5 Å². The second kappa shape index (κ2) is 7.85. The Bertz CT molecular complexity index is 569. The van der Waals surface area contributed by atoms with Gasteiger partial charge < -0.3 is 10.1 Å². The molecule has 0 aromatic heterocycles. The van der Waals surface area contributed by atoms with Crippen LogP contribution in [0.15, 0.2) is 24.3 Å². The van der Waals surface area contributed by atoms with Crippen LogP contribution in [-0.4, -0.2) is 35.6 Å². The summed E-state index contributed by atoms with van der Waals surface area (Å²) in [6, 6.07) is 5.74. The van der Waals surface area contributed by atoms with Crippen molar-refractivity contribution in [3.63, 3.8) is 0 Å². The van der Waals surface area contributed by atoms with E-state index < -0.39 is 29.7 Å². The van der Waals surface area contributed by atoms with Crippen molar-refractivity contribution in [2.75, 3.05) is 11.9 Å². The Balaban J connectivity index is 2.03. The Morgan fingerprint density at radius 2 is 2.00 bits per heavy atom. The van der Waals surface area contributed by atoms with E-state index in [0.29, 0.717) is 17.0 Å². The van der Waals surface area contributed by atoms with Gasteiger partial charge in [0.2, 0.25) is 0 Å². The highest BCUT2D eigenvalue weighted by atomic mass is 79.9. The summed E-state index contributed by atoms with van der Waals surface area (Å²) in [5.41, 5.74) is 0.345. The number of carbonyl (C=O) groups excluding carboxylic acids is 3. The molecule has 0 aliphatic carbocycles. The lowest BCUT2D eigenvalue weighted by molar-refractivity contribution is -0.162. The van der Waals surface area contributed by atoms with E-state index >= 15 is 0 Å². The van der Waals surface area contributed by atoms with E-state index in [1.165, 1.54) is 12.1 Å². The molecule has 118 valence electrons. The van der Waals surface area contributed by atoms with Crippen LogP contribution in [-0.2, 0) is 14.3 Å². The van der Waals surface area contributed by atoms with Gasteiger partial charge in [-0.2, -0.15) is 0 Å². The van der Waals surface area contributed by atoms with Gasteiger partial charge in [0.25, 0.3) is 0 Å². The van der Waals surface area contributed by atoms with Crippen LogP contribution in [0, 0.1) is 5.92 Å². The summed E-state index contributed by atoms with van der Waals surface area (Å²) in [5, 5.41) is 3.53. The van der Waals surface area contributed by atoms with Crippen LogP contribution >= 0.6 is 27.5 Å². The number of ketones is 1. The van der Waals surface area contributed by atoms with Gasteiger partial charge in [0.1, 0.15) is 12.0 Å². The van der Waals surface area contributed by atoms with E-state index in [9.17, 15) is 14.4 Å². The molecule has 1 N–H and O–H groups in total. The van der Waals surface area contributed by atoms with Crippen LogP contribution < -0.4 is 5.32 Å². The van der Waals surface area contributed by atoms with E-state index in [2.05, 4.69) is 21.2 Å². The molecule has 1 aromatic carbocycles. The number of esters is 2. The van der Waals surface area contributed by atoms with E-state index in [-0.39, 0.29) is 5.33 Å². The Morgan fingerprint density at radius 1 is 1.32 bits per heavy atom. The normalized spacial score (nSPS) is 18.7. The Hall–Kier alpha value is -1.24. The third-order valence-corrected chi connectivity index (χ3v) is 4.33. The standard InChI is InChI=1S/C15H15BrClNO4/c16-8-11(13(19)9-3-5-10(17)6-4-9)14(20)22-15(21)12-2-1-7-18-12/h3-6,11-12,18H,1-2,7-8H2/t11?,12-/m0/s1. The largest absolute Gasteiger partial charge is 0.391 e. The molecule has 1 aliphatic rings. The van der Waals surface area contributed by atoms with Crippen molar-refractivity contribution in [2.24, 2.45) is 5.92 Å². The van der Waals surface area contributed by atoms with E-state index in [0.717, 1.165) is 13.0 Å². The number of nitrogens with one attached hydrogen (secondary N) is 1. The van der Waals surface area contributed by atoms with Gasteiger partial charge in [0.15, 0.2) is 5.78 Å². The van der Waals surface area contributed by atoms with Gasteiger partial charge in [-0.05, 0) is 43.7 Å². The molecule has 1 aliphatic heterocycles. The molecule has 1 heterocycles. The van der Waals surface area contributed by atoms with Crippen molar-refractivity contribution >= 4 is 45.3 Å². The predicted molar refractivity (Wildman–Crippen MR) is 85.2 cm³/mol. The van der Waals surface area contributed by atoms with Crippen molar-refractivity contribution in [3.8, 4) is 0 Å². The molecule has 0 amide bonds. The fraction of sp³-hybridized carbons (Fsp3) is 0.400. The lowest BCUT2D eigenvalue weighted by Crippen LogP contribution is -2.37. The van der Waals surface area contributed by atoms with Crippen molar-refractivity contribution in [1.82, 2.24) is 5.32 Å². The minimum Gasteiger partial charge on any atom is -0.391 e. The van der Waals surface area contributed by atoms with Gasteiger partial charge in [-0.15, -0.1) is 0 Å². The van der Waals surface area contributed by atoms with Gasteiger partial charge in [0.05, 0.1) is 0 Å². The molecule has 1 unspecified atom stereocenters. The first kappa shape index (κ1) is 17.1. The van der Waals surface area contributed by atoms with Crippen LogP contribution in [0.3, 0.4) is 0 Å². The van der Waals surface area contributed by atoms with Crippen LogP contribution in [0.4, 0.5) is 0 Å².